The normalized spacial score (nSPS) is 13.8. The number of hydrogen-bond donors (Lipinski definition) is 1. The second kappa shape index (κ2) is 9.15. The number of aliphatic carboxylic acids is 1. The van der Waals surface area contributed by atoms with Crippen molar-refractivity contribution in [3.63, 3.8) is 0 Å². The van der Waals surface area contributed by atoms with Gasteiger partial charge >= 0.3 is 12.1 Å². The zero-order valence-corrected chi connectivity index (χ0v) is 18.9. The Hall–Kier alpha value is -2.52. The number of carbonyl (C=O) groups is 1. The monoisotopic (exact) mass is 478 g/mol. The molecule has 3 aromatic rings. The highest BCUT2D eigenvalue weighted by Crippen LogP contribution is 2.37. The Morgan fingerprint density at radius 3 is 2.66 bits per heavy atom. The first kappa shape index (κ1) is 22.7. The van der Waals surface area contributed by atoms with Crippen LogP contribution in [0.1, 0.15) is 28.1 Å². The molecule has 168 valence electrons. The number of nitrogens with zero attached hydrogens (tertiary/aromatic N) is 2. The van der Waals surface area contributed by atoms with Gasteiger partial charge in [-0.25, -0.2) is 4.98 Å². The highest BCUT2D eigenvalue weighted by molar-refractivity contribution is 7.98. The Balaban J connectivity index is 1.48. The highest BCUT2D eigenvalue weighted by atomic mass is 32.2. The number of benzene rings is 2. The molecule has 4 nitrogen and oxygen atoms in total. The van der Waals surface area contributed by atoms with Crippen molar-refractivity contribution >= 4 is 34.8 Å². The molecular formula is C23H21F3N2O2S2. The maximum Gasteiger partial charge on any atom is 0.416 e. The predicted molar refractivity (Wildman–Crippen MR) is 121 cm³/mol. The van der Waals surface area contributed by atoms with Crippen molar-refractivity contribution < 1.29 is 23.1 Å². The first-order valence-corrected chi connectivity index (χ1v) is 11.9. The lowest BCUT2D eigenvalue weighted by atomic mass is 10.0. The molecule has 9 heteroatoms. The van der Waals surface area contributed by atoms with Crippen LogP contribution in [0.15, 0.2) is 47.4 Å². The second-order valence-electron chi connectivity index (χ2n) is 7.60. The largest absolute Gasteiger partial charge is 0.480 e. The lowest BCUT2D eigenvalue weighted by molar-refractivity contribution is -0.137. The van der Waals surface area contributed by atoms with Crippen LogP contribution in [0.2, 0.25) is 0 Å². The van der Waals surface area contributed by atoms with Crippen molar-refractivity contribution in [2.75, 3.05) is 18.0 Å². The molecule has 0 aliphatic carbocycles. The lowest BCUT2D eigenvalue weighted by Crippen LogP contribution is -2.34. The zero-order chi connectivity index (χ0) is 22.9. The van der Waals surface area contributed by atoms with Gasteiger partial charge in [-0.05, 0) is 49.6 Å². The van der Waals surface area contributed by atoms with Crippen molar-refractivity contribution in [1.29, 1.82) is 0 Å². The first-order chi connectivity index (χ1) is 15.2. The number of thioether (sulfide) groups is 1. The predicted octanol–water partition coefficient (Wildman–Crippen LogP) is 6.27. The molecule has 0 saturated carbocycles. The average molecular weight is 479 g/mol. The van der Waals surface area contributed by atoms with Crippen molar-refractivity contribution in [2.24, 2.45) is 0 Å². The third kappa shape index (κ3) is 5.10. The van der Waals surface area contributed by atoms with E-state index in [4.69, 9.17) is 0 Å². The Labute approximate surface area is 192 Å². The third-order valence-corrected chi connectivity index (χ3v) is 7.73. The quantitative estimate of drug-likeness (QED) is 0.424. The van der Waals surface area contributed by atoms with E-state index in [9.17, 15) is 23.1 Å². The summed E-state index contributed by atoms with van der Waals surface area (Å²) >= 11 is 3.12. The maximum absolute atomic E-state index is 12.8. The van der Waals surface area contributed by atoms with Crippen LogP contribution in [0.5, 0.6) is 0 Å². The van der Waals surface area contributed by atoms with Crippen LogP contribution in [0.4, 0.5) is 18.9 Å². The molecule has 0 saturated heterocycles. The van der Waals surface area contributed by atoms with Crippen LogP contribution in [0.25, 0.3) is 10.6 Å². The van der Waals surface area contributed by atoms with E-state index >= 15 is 0 Å². The van der Waals surface area contributed by atoms with E-state index in [1.807, 2.05) is 11.8 Å². The van der Waals surface area contributed by atoms with Crippen LogP contribution < -0.4 is 4.90 Å². The van der Waals surface area contributed by atoms with Crippen LogP contribution in [0, 0.1) is 6.92 Å². The van der Waals surface area contributed by atoms with Gasteiger partial charge in [0.15, 0.2) is 0 Å². The number of aromatic nitrogens is 1. The van der Waals surface area contributed by atoms with Gasteiger partial charge in [-0.1, -0.05) is 18.2 Å². The molecule has 0 bridgehead atoms. The summed E-state index contributed by atoms with van der Waals surface area (Å²) in [5.41, 5.74) is 3.01. The van der Waals surface area contributed by atoms with Gasteiger partial charge < -0.3 is 10.0 Å². The minimum absolute atomic E-state index is 0.00837. The molecule has 2 aromatic carbocycles. The summed E-state index contributed by atoms with van der Waals surface area (Å²) in [5.74, 6) is -0.158. The van der Waals surface area contributed by atoms with Gasteiger partial charge in [0.25, 0.3) is 0 Å². The summed E-state index contributed by atoms with van der Waals surface area (Å²) in [6, 6.07) is 11.2. The van der Waals surface area contributed by atoms with Gasteiger partial charge in [-0.3, -0.25) is 4.79 Å². The second-order valence-corrected chi connectivity index (χ2v) is 9.73. The van der Waals surface area contributed by atoms with Gasteiger partial charge in [0.2, 0.25) is 0 Å². The Bertz CT molecular complexity index is 1130. The van der Waals surface area contributed by atoms with E-state index in [-0.39, 0.29) is 6.54 Å². The fourth-order valence-corrected chi connectivity index (χ4v) is 5.83. The van der Waals surface area contributed by atoms with Crippen LogP contribution in [-0.2, 0) is 23.1 Å². The number of anilines is 1. The number of carboxylic acid groups (broad SMARTS) is 1. The van der Waals surface area contributed by atoms with E-state index in [1.165, 1.54) is 29.0 Å². The summed E-state index contributed by atoms with van der Waals surface area (Å²) < 4.78 is 38.4. The maximum atomic E-state index is 12.8. The number of hydrogen-bond acceptors (Lipinski definition) is 5. The summed E-state index contributed by atoms with van der Waals surface area (Å²) in [5, 5.41) is 9.89. The standard InChI is InChI=1S/C23H21F3N2O2S2/c1-14-20(32-22(27-14)16-4-7-17(8-5-16)23(24,25)26)13-31-18-9-6-15-3-2-10-28(12-21(29)30)19(15)11-18/h4-9,11H,2-3,10,12-13H2,1H3,(H,29,30). The number of halogens is 3. The minimum atomic E-state index is -4.35. The fourth-order valence-electron chi connectivity index (χ4n) is 3.68. The molecule has 32 heavy (non-hydrogen) atoms. The summed E-state index contributed by atoms with van der Waals surface area (Å²) in [7, 11) is 0. The molecule has 1 aliphatic heterocycles. The Morgan fingerprint density at radius 2 is 1.97 bits per heavy atom. The van der Waals surface area contributed by atoms with Gasteiger partial charge in [0.05, 0.1) is 11.3 Å². The topological polar surface area (TPSA) is 53.4 Å². The third-order valence-electron chi connectivity index (χ3n) is 5.32. The van der Waals surface area contributed by atoms with Gasteiger partial charge in [0, 0.05) is 33.3 Å². The minimum Gasteiger partial charge on any atom is -0.480 e. The van der Waals surface area contributed by atoms with Crippen molar-refractivity contribution in [3.8, 4) is 10.6 Å². The van der Waals surface area contributed by atoms with Crippen LogP contribution >= 0.6 is 23.1 Å². The average Bonchev–Trinajstić information content (AvgIpc) is 3.12. The fraction of sp³-hybridized carbons (Fsp3) is 0.304. The number of fused-ring (bicyclic) bond motifs is 1. The van der Waals surface area contributed by atoms with E-state index in [1.54, 1.807) is 11.8 Å². The SMILES string of the molecule is Cc1nc(-c2ccc(C(F)(F)F)cc2)sc1CSc1ccc2c(c1)N(CC(=O)O)CCC2. The number of thiazole rings is 1. The van der Waals surface area contributed by atoms with E-state index in [0.717, 1.165) is 52.7 Å². The number of rotatable bonds is 6. The molecule has 0 unspecified atom stereocenters. The molecule has 0 amide bonds. The molecule has 0 fully saturated rings. The summed E-state index contributed by atoms with van der Waals surface area (Å²) in [6.07, 6.45) is -2.46. The molecule has 1 aliphatic rings. The summed E-state index contributed by atoms with van der Waals surface area (Å²) in [6.45, 7) is 2.63. The van der Waals surface area contributed by atoms with Gasteiger partial charge in [-0.15, -0.1) is 23.1 Å². The van der Waals surface area contributed by atoms with E-state index in [0.29, 0.717) is 16.3 Å². The number of carboxylic acids is 1. The first-order valence-electron chi connectivity index (χ1n) is 10.1. The van der Waals surface area contributed by atoms with Gasteiger partial charge in [-0.2, -0.15) is 13.2 Å². The highest BCUT2D eigenvalue weighted by Gasteiger charge is 2.30. The molecule has 4 rings (SSSR count). The van der Waals surface area contributed by atoms with E-state index < -0.39 is 17.7 Å². The Kier molecular flexibility index (Phi) is 6.48. The lowest BCUT2D eigenvalue weighted by Gasteiger charge is -2.30. The smallest absolute Gasteiger partial charge is 0.416 e. The van der Waals surface area contributed by atoms with Crippen molar-refractivity contribution in [3.05, 3.63) is 64.2 Å². The molecule has 0 radical (unpaired) electrons. The number of aryl methyl sites for hydroxylation is 2. The Morgan fingerprint density at radius 1 is 1.22 bits per heavy atom. The zero-order valence-electron chi connectivity index (χ0n) is 17.3. The molecule has 1 aromatic heterocycles. The number of alkyl halides is 3. The molecule has 0 atom stereocenters. The van der Waals surface area contributed by atoms with Crippen molar-refractivity contribution in [2.45, 2.75) is 36.6 Å². The molecule has 0 spiro atoms. The molecular weight excluding hydrogens is 457 g/mol. The molecule has 1 N–H and O–H groups in total. The van der Waals surface area contributed by atoms with Gasteiger partial charge in [0.1, 0.15) is 11.6 Å². The molecule has 2 heterocycles. The van der Waals surface area contributed by atoms with Crippen LogP contribution in [-0.4, -0.2) is 29.1 Å². The summed E-state index contributed by atoms with van der Waals surface area (Å²) in [4.78, 5) is 19.8. The van der Waals surface area contributed by atoms with E-state index in [2.05, 4.69) is 23.2 Å². The van der Waals surface area contributed by atoms with Crippen molar-refractivity contribution in [1.82, 2.24) is 4.98 Å². The van der Waals surface area contributed by atoms with Crippen LogP contribution in [0.3, 0.4) is 0 Å².